The lowest BCUT2D eigenvalue weighted by molar-refractivity contribution is -0.142. The third kappa shape index (κ3) is 3.90. The zero-order chi connectivity index (χ0) is 26.0. The first-order chi connectivity index (χ1) is 16.9. The maximum Gasteiger partial charge on any atom is 0.433 e. The first kappa shape index (κ1) is 23.9. The van der Waals surface area contributed by atoms with Crippen molar-refractivity contribution in [2.75, 3.05) is 6.54 Å². The van der Waals surface area contributed by atoms with E-state index in [2.05, 4.69) is 20.1 Å². The van der Waals surface area contributed by atoms with Gasteiger partial charge >= 0.3 is 6.18 Å². The smallest absolute Gasteiger partial charge is 0.432 e. The molecule has 5 rings (SSSR count). The van der Waals surface area contributed by atoms with E-state index in [1.807, 2.05) is 0 Å². The molecule has 1 aliphatic rings. The van der Waals surface area contributed by atoms with Gasteiger partial charge in [0.05, 0.1) is 23.2 Å². The molecule has 4 aromatic heterocycles. The van der Waals surface area contributed by atoms with Crippen LogP contribution in [0.1, 0.15) is 71.2 Å². The lowest BCUT2D eigenvalue weighted by atomic mass is 9.99. The van der Waals surface area contributed by atoms with Gasteiger partial charge in [0, 0.05) is 18.7 Å². The summed E-state index contributed by atoms with van der Waals surface area (Å²) in [4.78, 5) is 25.5. The third-order valence-corrected chi connectivity index (χ3v) is 5.84. The highest BCUT2D eigenvalue weighted by Gasteiger charge is 2.41. The number of carbonyl (C=O) groups excluding carboxylic acids is 1. The number of halogens is 5. The molecule has 5 heterocycles. The molecule has 2 N–H and O–H groups in total. The molecule has 0 aliphatic carbocycles. The summed E-state index contributed by atoms with van der Waals surface area (Å²) in [6.07, 6.45) is -6.23. The van der Waals surface area contributed by atoms with Gasteiger partial charge < -0.3 is 19.4 Å². The molecule has 14 heteroatoms. The molecule has 4 aromatic rings. The lowest BCUT2D eigenvalue weighted by Crippen LogP contribution is -2.41. The van der Waals surface area contributed by atoms with E-state index < -0.39 is 53.2 Å². The van der Waals surface area contributed by atoms with Crippen LogP contribution in [0.3, 0.4) is 0 Å². The minimum atomic E-state index is -4.69. The van der Waals surface area contributed by atoms with Crippen LogP contribution in [-0.4, -0.2) is 47.0 Å². The number of carbonyl (C=O) groups is 1. The summed E-state index contributed by atoms with van der Waals surface area (Å²) in [6.45, 7) is 2.52. The standard InChI is InChI=1S/C22H19F5N6O3/c1-21(2,35)20-30-15(18(23)24)17(36-20)19(34)32-7-6-11-14(29-9-28-11)16(32)12-8-10-4-3-5-13(22(25,26)27)33(10)31-12/h3-5,8-9,16,18,35H,6-7H2,1-2H3,(H,28,29)/t16-/m1/s1. The first-order valence-electron chi connectivity index (χ1n) is 10.8. The molecule has 0 radical (unpaired) electrons. The van der Waals surface area contributed by atoms with Gasteiger partial charge in [0.15, 0.2) is 5.69 Å². The number of nitrogens with one attached hydrogen (secondary N) is 1. The fraction of sp³-hybridized carbons (Fsp3) is 0.364. The van der Waals surface area contributed by atoms with Crippen LogP contribution >= 0.6 is 0 Å². The first-order valence-corrected chi connectivity index (χ1v) is 10.8. The molecule has 0 fully saturated rings. The Labute approximate surface area is 199 Å². The average Bonchev–Trinajstić information content (AvgIpc) is 3.53. The van der Waals surface area contributed by atoms with Crippen molar-refractivity contribution in [3.05, 3.63) is 70.7 Å². The summed E-state index contributed by atoms with van der Waals surface area (Å²) in [5.41, 5.74) is -2.60. The van der Waals surface area contributed by atoms with E-state index in [0.717, 1.165) is 11.0 Å². The van der Waals surface area contributed by atoms with Crippen molar-refractivity contribution in [2.24, 2.45) is 0 Å². The van der Waals surface area contributed by atoms with Crippen LogP contribution in [-0.2, 0) is 18.2 Å². The molecule has 0 aromatic carbocycles. The lowest BCUT2D eigenvalue weighted by Gasteiger charge is -2.33. The summed E-state index contributed by atoms with van der Waals surface area (Å²) < 4.78 is 74.2. The Hall–Kier alpha value is -3.81. The maximum absolute atomic E-state index is 13.7. The van der Waals surface area contributed by atoms with Crippen molar-refractivity contribution in [1.29, 1.82) is 0 Å². The number of imidazole rings is 1. The number of H-pyrrole nitrogens is 1. The number of fused-ring (bicyclic) bond motifs is 2. The Morgan fingerprint density at radius 2 is 2.03 bits per heavy atom. The second-order valence-corrected chi connectivity index (χ2v) is 8.83. The summed E-state index contributed by atoms with van der Waals surface area (Å²) >= 11 is 0. The number of alkyl halides is 5. The summed E-state index contributed by atoms with van der Waals surface area (Å²) in [6, 6.07) is 3.80. The van der Waals surface area contributed by atoms with E-state index in [1.165, 1.54) is 38.4 Å². The van der Waals surface area contributed by atoms with Crippen molar-refractivity contribution in [2.45, 2.75) is 44.5 Å². The number of hydrogen-bond acceptors (Lipinski definition) is 6. The zero-order valence-electron chi connectivity index (χ0n) is 18.8. The highest BCUT2D eigenvalue weighted by atomic mass is 19.4. The van der Waals surface area contributed by atoms with Crippen molar-refractivity contribution >= 4 is 11.4 Å². The summed E-state index contributed by atoms with van der Waals surface area (Å²) in [5.74, 6) is -2.23. The van der Waals surface area contributed by atoms with Gasteiger partial charge in [-0.15, -0.1) is 0 Å². The molecule has 0 saturated carbocycles. The third-order valence-electron chi connectivity index (χ3n) is 5.84. The normalized spacial score (nSPS) is 16.7. The highest BCUT2D eigenvalue weighted by Crippen LogP contribution is 2.37. The molecule has 0 bridgehead atoms. The van der Waals surface area contributed by atoms with Crippen LogP contribution in [0.15, 0.2) is 35.0 Å². The van der Waals surface area contributed by atoms with Gasteiger partial charge in [0.2, 0.25) is 11.7 Å². The maximum atomic E-state index is 13.7. The van der Waals surface area contributed by atoms with E-state index in [4.69, 9.17) is 4.42 Å². The predicted molar refractivity (Wildman–Crippen MR) is 112 cm³/mol. The highest BCUT2D eigenvalue weighted by molar-refractivity contribution is 5.93. The van der Waals surface area contributed by atoms with Crippen LogP contribution in [0.5, 0.6) is 0 Å². The topological polar surface area (TPSA) is 113 Å². The van der Waals surface area contributed by atoms with E-state index in [9.17, 15) is 31.9 Å². The van der Waals surface area contributed by atoms with Crippen molar-refractivity contribution in [1.82, 2.24) is 29.5 Å². The number of aromatic nitrogens is 5. The molecule has 0 saturated heterocycles. The Kier molecular flexibility index (Phi) is 5.39. The molecule has 0 unspecified atom stereocenters. The molecule has 9 nitrogen and oxygen atoms in total. The van der Waals surface area contributed by atoms with E-state index >= 15 is 0 Å². The summed E-state index contributed by atoms with van der Waals surface area (Å²) in [5, 5.41) is 14.3. The quantitative estimate of drug-likeness (QED) is 0.401. The number of aliphatic hydroxyl groups is 1. The second kappa shape index (κ2) is 8.11. The molecule has 190 valence electrons. The molecular formula is C22H19F5N6O3. The van der Waals surface area contributed by atoms with Crippen molar-refractivity contribution in [3.8, 4) is 0 Å². The Balaban J connectivity index is 1.64. The fourth-order valence-corrected chi connectivity index (χ4v) is 4.20. The number of rotatable bonds is 4. The molecule has 1 aliphatic heterocycles. The van der Waals surface area contributed by atoms with Gasteiger partial charge in [-0.2, -0.15) is 18.3 Å². The number of hydrogen-bond donors (Lipinski definition) is 2. The van der Waals surface area contributed by atoms with Crippen molar-refractivity contribution in [3.63, 3.8) is 0 Å². The predicted octanol–water partition coefficient (Wildman–Crippen LogP) is 4.02. The fourth-order valence-electron chi connectivity index (χ4n) is 4.20. The zero-order valence-corrected chi connectivity index (χ0v) is 18.8. The number of nitrogens with zero attached hydrogens (tertiary/aromatic N) is 5. The minimum absolute atomic E-state index is 0.0000769. The van der Waals surface area contributed by atoms with E-state index in [0.29, 0.717) is 15.9 Å². The number of oxazole rings is 1. The number of aromatic amines is 1. The van der Waals surface area contributed by atoms with Crippen LogP contribution in [0.25, 0.3) is 5.52 Å². The van der Waals surface area contributed by atoms with Gasteiger partial charge in [-0.05, 0) is 32.0 Å². The second-order valence-electron chi connectivity index (χ2n) is 8.83. The van der Waals surface area contributed by atoms with Gasteiger partial charge in [-0.25, -0.2) is 23.3 Å². The average molecular weight is 510 g/mol. The van der Waals surface area contributed by atoms with Crippen LogP contribution in [0, 0.1) is 0 Å². The number of amides is 1. The van der Waals surface area contributed by atoms with Crippen LogP contribution < -0.4 is 0 Å². The number of pyridine rings is 1. The van der Waals surface area contributed by atoms with Gasteiger partial charge in [-0.3, -0.25) is 4.79 Å². The molecular weight excluding hydrogens is 491 g/mol. The van der Waals surface area contributed by atoms with Gasteiger partial charge in [-0.1, -0.05) is 6.07 Å². The van der Waals surface area contributed by atoms with E-state index in [-0.39, 0.29) is 24.2 Å². The van der Waals surface area contributed by atoms with Crippen molar-refractivity contribution < 1.29 is 36.3 Å². The van der Waals surface area contributed by atoms with Gasteiger partial charge in [0.25, 0.3) is 12.3 Å². The van der Waals surface area contributed by atoms with Gasteiger partial charge in [0.1, 0.15) is 17.3 Å². The monoisotopic (exact) mass is 510 g/mol. The molecule has 0 spiro atoms. The summed E-state index contributed by atoms with van der Waals surface area (Å²) in [7, 11) is 0. The Morgan fingerprint density at radius 3 is 2.69 bits per heavy atom. The molecule has 1 atom stereocenters. The molecule has 1 amide bonds. The minimum Gasteiger partial charge on any atom is -0.432 e. The van der Waals surface area contributed by atoms with Crippen LogP contribution in [0.4, 0.5) is 22.0 Å². The Morgan fingerprint density at radius 1 is 1.28 bits per heavy atom. The molecule has 36 heavy (non-hydrogen) atoms. The Bertz CT molecular complexity index is 1450. The van der Waals surface area contributed by atoms with E-state index in [1.54, 1.807) is 0 Å². The largest absolute Gasteiger partial charge is 0.433 e. The van der Waals surface area contributed by atoms with Crippen LogP contribution in [0.2, 0.25) is 0 Å². The SMILES string of the molecule is CC(C)(O)c1nc(C(F)F)c(C(=O)N2CCc3[nH]cnc3[C@H]2c2cc3cccc(C(F)(F)F)n3n2)o1.